The van der Waals surface area contributed by atoms with Gasteiger partial charge < -0.3 is 14.9 Å². The average Bonchev–Trinajstić information content (AvgIpc) is 2.54. The van der Waals surface area contributed by atoms with Crippen LogP contribution in [0.1, 0.15) is 35.2 Å². The Morgan fingerprint density at radius 1 is 1.39 bits per heavy atom. The summed E-state index contributed by atoms with van der Waals surface area (Å²) in [7, 11) is 2.07. The molecule has 1 amide bonds. The van der Waals surface area contributed by atoms with E-state index in [1.165, 1.54) is 12.1 Å². The summed E-state index contributed by atoms with van der Waals surface area (Å²) in [5, 5.41) is 9.94. The monoisotopic (exact) mass is 320 g/mol. The van der Waals surface area contributed by atoms with E-state index in [-0.39, 0.29) is 29.8 Å². The molecule has 126 valence electrons. The number of aliphatic hydroxyl groups is 1. The van der Waals surface area contributed by atoms with Crippen LogP contribution in [0.2, 0.25) is 0 Å². The van der Waals surface area contributed by atoms with Crippen molar-refractivity contribution >= 4 is 5.91 Å². The highest BCUT2D eigenvalue weighted by molar-refractivity contribution is 5.95. The zero-order chi connectivity index (χ0) is 16.6. The summed E-state index contributed by atoms with van der Waals surface area (Å²) >= 11 is 0. The number of likely N-dealkylation sites (N-methyl/N-ethyl adjacent to an activating group) is 1. The molecule has 0 spiro atoms. The van der Waals surface area contributed by atoms with Gasteiger partial charge in [-0.2, -0.15) is 0 Å². The molecule has 23 heavy (non-hydrogen) atoms. The van der Waals surface area contributed by atoms with Crippen molar-refractivity contribution in [2.75, 3.05) is 33.3 Å². The van der Waals surface area contributed by atoms with E-state index in [0.29, 0.717) is 24.2 Å². The summed E-state index contributed by atoms with van der Waals surface area (Å²) in [6, 6.07) is 4.52. The largest absolute Gasteiger partial charge is 0.396 e. The third-order valence-electron chi connectivity index (χ3n) is 5.72. The van der Waals surface area contributed by atoms with E-state index in [4.69, 9.17) is 0 Å². The molecule has 0 saturated carbocycles. The van der Waals surface area contributed by atoms with Gasteiger partial charge in [-0.3, -0.25) is 4.79 Å². The van der Waals surface area contributed by atoms with Gasteiger partial charge in [0.2, 0.25) is 0 Å². The van der Waals surface area contributed by atoms with Crippen LogP contribution in [0.15, 0.2) is 18.2 Å². The standard InChI is InChI=1S/C18H25FN2O2/c1-13-10-14(19)4-5-15(13)17(23)21-9-7-18(12-22)6-3-8-20(2)16(18)11-21/h4-5,10,16,22H,3,6-9,11-12H2,1-2H3/t16-,18-/m1/s1. The number of likely N-dealkylation sites (tertiary alicyclic amines) is 2. The predicted octanol–water partition coefficient (Wildman–Crippen LogP) is 2.05. The third-order valence-corrected chi connectivity index (χ3v) is 5.72. The molecule has 2 atom stereocenters. The lowest BCUT2D eigenvalue weighted by atomic mass is 9.69. The molecule has 2 heterocycles. The quantitative estimate of drug-likeness (QED) is 0.907. The molecule has 0 unspecified atom stereocenters. The highest BCUT2D eigenvalue weighted by Gasteiger charge is 2.47. The van der Waals surface area contributed by atoms with Gasteiger partial charge in [0.05, 0.1) is 6.61 Å². The molecule has 1 aromatic carbocycles. The summed E-state index contributed by atoms with van der Waals surface area (Å²) in [5.74, 6) is -0.350. The van der Waals surface area contributed by atoms with E-state index in [9.17, 15) is 14.3 Å². The number of hydrogen-bond donors (Lipinski definition) is 1. The van der Waals surface area contributed by atoms with Crippen molar-refractivity contribution < 1.29 is 14.3 Å². The van der Waals surface area contributed by atoms with Gasteiger partial charge in [-0.1, -0.05) is 0 Å². The van der Waals surface area contributed by atoms with Gasteiger partial charge in [0.15, 0.2) is 0 Å². The summed E-state index contributed by atoms with van der Waals surface area (Å²) < 4.78 is 13.3. The zero-order valence-corrected chi connectivity index (χ0v) is 13.9. The van der Waals surface area contributed by atoms with E-state index < -0.39 is 0 Å². The first kappa shape index (κ1) is 16.4. The SMILES string of the molecule is Cc1cc(F)ccc1C(=O)N1CC[C@@]2(CO)CCCN(C)[C@@H]2C1. The fourth-order valence-corrected chi connectivity index (χ4v) is 4.24. The van der Waals surface area contributed by atoms with Crippen LogP contribution in [-0.2, 0) is 0 Å². The van der Waals surface area contributed by atoms with E-state index in [0.717, 1.165) is 25.8 Å². The molecule has 0 aliphatic carbocycles. The van der Waals surface area contributed by atoms with Crippen LogP contribution in [-0.4, -0.2) is 60.1 Å². The summed E-state index contributed by atoms with van der Waals surface area (Å²) in [6.45, 7) is 4.24. The number of fused-ring (bicyclic) bond motifs is 1. The molecule has 0 bridgehead atoms. The van der Waals surface area contributed by atoms with Gasteiger partial charge in [-0.05, 0) is 63.5 Å². The molecule has 0 radical (unpaired) electrons. The van der Waals surface area contributed by atoms with Crippen LogP contribution in [0.25, 0.3) is 0 Å². The third kappa shape index (κ3) is 2.88. The number of rotatable bonds is 2. The second-order valence-corrected chi connectivity index (χ2v) is 7.08. The van der Waals surface area contributed by atoms with Crippen molar-refractivity contribution in [1.82, 2.24) is 9.80 Å². The Hall–Kier alpha value is -1.46. The van der Waals surface area contributed by atoms with E-state index >= 15 is 0 Å². The average molecular weight is 320 g/mol. The van der Waals surface area contributed by atoms with Crippen LogP contribution >= 0.6 is 0 Å². The molecule has 3 rings (SSSR count). The maximum absolute atomic E-state index is 13.3. The Labute approximate surface area is 136 Å². The van der Waals surface area contributed by atoms with Crippen molar-refractivity contribution in [2.24, 2.45) is 5.41 Å². The van der Waals surface area contributed by atoms with Crippen LogP contribution in [0, 0.1) is 18.2 Å². The molecular formula is C18H25FN2O2. The summed E-state index contributed by atoms with van der Waals surface area (Å²) in [4.78, 5) is 17.0. The number of hydrogen-bond acceptors (Lipinski definition) is 3. The fourth-order valence-electron chi connectivity index (χ4n) is 4.24. The van der Waals surface area contributed by atoms with Gasteiger partial charge in [0.1, 0.15) is 5.82 Å². The fraction of sp³-hybridized carbons (Fsp3) is 0.611. The number of halogens is 1. The molecule has 2 aliphatic rings. The van der Waals surface area contributed by atoms with Crippen molar-refractivity contribution in [3.8, 4) is 0 Å². The minimum Gasteiger partial charge on any atom is -0.396 e. The number of carbonyl (C=O) groups is 1. The molecule has 4 nitrogen and oxygen atoms in total. The number of aliphatic hydroxyl groups excluding tert-OH is 1. The van der Waals surface area contributed by atoms with Crippen LogP contribution in [0.4, 0.5) is 4.39 Å². The second-order valence-electron chi connectivity index (χ2n) is 7.08. The van der Waals surface area contributed by atoms with E-state index in [1.807, 2.05) is 4.90 Å². The smallest absolute Gasteiger partial charge is 0.254 e. The molecular weight excluding hydrogens is 295 g/mol. The molecule has 2 saturated heterocycles. The van der Waals surface area contributed by atoms with Gasteiger partial charge >= 0.3 is 0 Å². The predicted molar refractivity (Wildman–Crippen MR) is 86.8 cm³/mol. The van der Waals surface area contributed by atoms with Crippen LogP contribution in [0.5, 0.6) is 0 Å². The number of benzene rings is 1. The Morgan fingerprint density at radius 3 is 2.87 bits per heavy atom. The Kier molecular flexibility index (Phi) is 4.43. The van der Waals surface area contributed by atoms with Crippen molar-refractivity contribution in [3.05, 3.63) is 35.1 Å². The van der Waals surface area contributed by atoms with Crippen LogP contribution < -0.4 is 0 Å². The minimum atomic E-state index is -0.316. The molecule has 2 fully saturated rings. The number of carbonyl (C=O) groups excluding carboxylic acids is 1. The molecule has 5 heteroatoms. The lowest BCUT2D eigenvalue weighted by Crippen LogP contribution is -2.62. The zero-order valence-electron chi connectivity index (χ0n) is 13.9. The lowest BCUT2D eigenvalue weighted by Gasteiger charge is -2.53. The Morgan fingerprint density at radius 2 is 2.17 bits per heavy atom. The van der Waals surface area contributed by atoms with Crippen LogP contribution in [0.3, 0.4) is 0 Å². The lowest BCUT2D eigenvalue weighted by molar-refractivity contribution is -0.0601. The van der Waals surface area contributed by atoms with Crippen molar-refractivity contribution in [3.63, 3.8) is 0 Å². The minimum absolute atomic E-state index is 0.0342. The molecule has 2 aliphatic heterocycles. The highest BCUT2D eigenvalue weighted by atomic mass is 19.1. The Balaban J connectivity index is 1.81. The maximum Gasteiger partial charge on any atom is 0.254 e. The number of nitrogens with zero attached hydrogens (tertiary/aromatic N) is 2. The highest BCUT2D eigenvalue weighted by Crippen LogP contribution is 2.41. The summed E-state index contributed by atoms with van der Waals surface area (Å²) in [5.41, 5.74) is 1.16. The van der Waals surface area contributed by atoms with Gasteiger partial charge in [-0.15, -0.1) is 0 Å². The number of piperidine rings is 2. The van der Waals surface area contributed by atoms with Gasteiger partial charge in [0.25, 0.3) is 5.91 Å². The molecule has 1 N–H and O–H groups in total. The number of amides is 1. The Bertz CT molecular complexity index is 607. The second kappa shape index (κ2) is 6.21. The number of aryl methyl sites for hydroxylation is 1. The van der Waals surface area contributed by atoms with E-state index in [1.54, 1.807) is 13.0 Å². The summed E-state index contributed by atoms with van der Waals surface area (Å²) in [6.07, 6.45) is 2.94. The van der Waals surface area contributed by atoms with E-state index in [2.05, 4.69) is 11.9 Å². The first-order valence-electron chi connectivity index (χ1n) is 8.33. The first-order valence-corrected chi connectivity index (χ1v) is 8.33. The van der Waals surface area contributed by atoms with Crippen molar-refractivity contribution in [1.29, 1.82) is 0 Å². The first-order chi connectivity index (χ1) is 11.0. The van der Waals surface area contributed by atoms with Crippen molar-refractivity contribution in [2.45, 2.75) is 32.2 Å². The maximum atomic E-state index is 13.3. The topological polar surface area (TPSA) is 43.8 Å². The molecule has 1 aromatic rings. The van der Waals surface area contributed by atoms with Gasteiger partial charge in [-0.25, -0.2) is 4.39 Å². The normalized spacial score (nSPS) is 28.5. The molecule has 0 aromatic heterocycles. The van der Waals surface area contributed by atoms with Gasteiger partial charge in [0, 0.05) is 30.1 Å².